The zero-order valence-electron chi connectivity index (χ0n) is 11.8. The van der Waals surface area contributed by atoms with Crippen molar-refractivity contribution in [2.24, 2.45) is 11.3 Å². The predicted octanol–water partition coefficient (Wildman–Crippen LogP) is 1.31. The molecular formula is C14H26N2O2. The highest BCUT2D eigenvalue weighted by Gasteiger charge is 2.49. The average molecular weight is 254 g/mol. The van der Waals surface area contributed by atoms with Gasteiger partial charge in [-0.3, -0.25) is 4.79 Å². The van der Waals surface area contributed by atoms with E-state index in [0.29, 0.717) is 12.3 Å². The van der Waals surface area contributed by atoms with Crippen molar-refractivity contribution in [3.05, 3.63) is 0 Å². The van der Waals surface area contributed by atoms with Crippen LogP contribution in [0.2, 0.25) is 0 Å². The molecule has 2 N–H and O–H groups in total. The molecule has 0 spiro atoms. The summed E-state index contributed by atoms with van der Waals surface area (Å²) in [5.74, 6) is 0.780. The molecule has 4 heteroatoms. The molecule has 0 aromatic rings. The first-order chi connectivity index (χ1) is 8.54. The summed E-state index contributed by atoms with van der Waals surface area (Å²) in [5.41, 5.74) is 0.0680. The van der Waals surface area contributed by atoms with Gasteiger partial charge in [-0.2, -0.15) is 0 Å². The lowest BCUT2D eigenvalue weighted by Gasteiger charge is -2.51. The Bertz CT molecular complexity index is 298. The number of carbonyl (C=O) groups excluding carboxylic acids is 1. The quantitative estimate of drug-likeness (QED) is 0.795. The van der Waals surface area contributed by atoms with E-state index in [2.05, 4.69) is 24.5 Å². The van der Waals surface area contributed by atoms with Gasteiger partial charge < -0.3 is 15.4 Å². The molecule has 2 fully saturated rings. The Hall–Kier alpha value is -0.610. The van der Waals surface area contributed by atoms with E-state index >= 15 is 0 Å². The van der Waals surface area contributed by atoms with Gasteiger partial charge in [-0.15, -0.1) is 0 Å². The van der Waals surface area contributed by atoms with Crippen LogP contribution in [-0.4, -0.2) is 38.3 Å². The van der Waals surface area contributed by atoms with Crippen molar-refractivity contribution in [2.45, 2.75) is 51.7 Å². The first-order valence-corrected chi connectivity index (χ1v) is 7.07. The number of hydrogen-bond acceptors (Lipinski definition) is 3. The van der Waals surface area contributed by atoms with Gasteiger partial charge in [-0.1, -0.05) is 13.8 Å². The van der Waals surface area contributed by atoms with Crippen molar-refractivity contribution in [1.29, 1.82) is 0 Å². The Labute approximate surface area is 110 Å². The van der Waals surface area contributed by atoms with Crippen molar-refractivity contribution in [3.63, 3.8) is 0 Å². The molecule has 0 radical (unpaired) electrons. The zero-order chi connectivity index (χ0) is 13.2. The number of rotatable bonds is 4. The highest BCUT2D eigenvalue weighted by molar-refractivity contribution is 5.76. The number of piperidine rings is 1. The highest BCUT2D eigenvalue weighted by Crippen LogP contribution is 2.42. The topological polar surface area (TPSA) is 50.4 Å². The average Bonchev–Trinajstić information content (AvgIpc) is 2.35. The standard InChI is InChI=1S/C14H26N2O2/c1-14(2)11(9-12(14)18-3)16-13(17)8-10-4-6-15-7-5-10/h10-12,15H,4-9H2,1-3H3,(H,16,17). The maximum Gasteiger partial charge on any atom is 0.220 e. The van der Waals surface area contributed by atoms with E-state index in [9.17, 15) is 4.79 Å². The minimum absolute atomic E-state index is 0.0680. The zero-order valence-corrected chi connectivity index (χ0v) is 11.8. The second kappa shape index (κ2) is 5.57. The van der Waals surface area contributed by atoms with Crippen LogP contribution in [0, 0.1) is 11.3 Å². The summed E-state index contributed by atoms with van der Waals surface area (Å²) in [6.07, 6.45) is 4.17. The lowest BCUT2D eigenvalue weighted by Crippen LogP contribution is -2.61. The van der Waals surface area contributed by atoms with Crippen LogP contribution in [-0.2, 0) is 9.53 Å². The van der Waals surface area contributed by atoms with Crippen molar-refractivity contribution in [3.8, 4) is 0 Å². The number of carbonyl (C=O) groups is 1. The fraction of sp³-hybridized carbons (Fsp3) is 0.929. The van der Waals surface area contributed by atoms with E-state index in [0.717, 1.165) is 32.4 Å². The number of amides is 1. The third kappa shape index (κ3) is 2.86. The van der Waals surface area contributed by atoms with E-state index in [1.54, 1.807) is 7.11 Å². The number of nitrogens with one attached hydrogen (secondary N) is 2. The Morgan fingerprint density at radius 1 is 1.39 bits per heavy atom. The van der Waals surface area contributed by atoms with Gasteiger partial charge in [0, 0.05) is 25.0 Å². The molecule has 0 bridgehead atoms. The smallest absolute Gasteiger partial charge is 0.220 e. The van der Waals surface area contributed by atoms with Gasteiger partial charge >= 0.3 is 0 Å². The fourth-order valence-electron chi connectivity index (χ4n) is 3.13. The third-order valence-electron chi connectivity index (χ3n) is 4.73. The maximum absolute atomic E-state index is 12.0. The van der Waals surface area contributed by atoms with E-state index in [-0.39, 0.29) is 23.5 Å². The van der Waals surface area contributed by atoms with Crippen LogP contribution in [0.1, 0.15) is 39.5 Å². The van der Waals surface area contributed by atoms with E-state index in [4.69, 9.17) is 4.74 Å². The summed E-state index contributed by atoms with van der Waals surface area (Å²) in [6.45, 7) is 6.44. The minimum Gasteiger partial charge on any atom is -0.381 e. The first kappa shape index (κ1) is 13.8. The fourth-order valence-corrected chi connectivity index (χ4v) is 3.13. The second-order valence-electron chi connectivity index (χ2n) is 6.30. The lowest BCUT2D eigenvalue weighted by molar-refractivity contribution is -0.133. The summed E-state index contributed by atoms with van der Waals surface area (Å²) in [5, 5.41) is 6.51. The SMILES string of the molecule is COC1CC(NC(=O)CC2CCNCC2)C1(C)C. The number of methoxy groups -OCH3 is 1. The second-order valence-corrected chi connectivity index (χ2v) is 6.30. The lowest BCUT2D eigenvalue weighted by atomic mass is 9.64. The summed E-state index contributed by atoms with van der Waals surface area (Å²) < 4.78 is 5.40. The monoisotopic (exact) mass is 254 g/mol. The van der Waals surface area contributed by atoms with Gasteiger partial charge in [-0.05, 0) is 38.3 Å². The third-order valence-corrected chi connectivity index (χ3v) is 4.73. The molecule has 18 heavy (non-hydrogen) atoms. The molecule has 1 amide bonds. The number of hydrogen-bond donors (Lipinski definition) is 2. The maximum atomic E-state index is 12.0. The Morgan fingerprint density at radius 2 is 2.06 bits per heavy atom. The van der Waals surface area contributed by atoms with Gasteiger partial charge in [-0.25, -0.2) is 0 Å². The van der Waals surface area contributed by atoms with Crippen LogP contribution in [0.5, 0.6) is 0 Å². The van der Waals surface area contributed by atoms with Crippen molar-refractivity contribution < 1.29 is 9.53 Å². The van der Waals surface area contributed by atoms with Gasteiger partial charge in [0.15, 0.2) is 0 Å². The van der Waals surface area contributed by atoms with Crippen LogP contribution >= 0.6 is 0 Å². The van der Waals surface area contributed by atoms with Crippen LogP contribution in [0.4, 0.5) is 0 Å². The molecular weight excluding hydrogens is 228 g/mol. The molecule has 0 aromatic carbocycles. The van der Waals surface area contributed by atoms with Crippen molar-refractivity contribution in [1.82, 2.24) is 10.6 Å². The summed E-state index contributed by atoms with van der Waals surface area (Å²) >= 11 is 0. The van der Waals surface area contributed by atoms with Crippen molar-refractivity contribution >= 4 is 5.91 Å². The largest absolute Gasteiger partial charge is 0.381 e. The van der Waals surface area contributed by atoms with Crippen LogP contribution in [0.3, 0.4) is 0 Å². The van der Waals surface area contributed by atoms with Gasteiger partial charge in [0.2, 0.25) is 5.91 Å². The molecule has 1 saturated heterocycles. The number of ether oxygens (including phenoxy) is 1. The van der Waals surface area contributed by atoms with E-state index in [1.807, 2.05) is 0 Å². The molecule has 1 aliphatic heterocycles. The first-order valence-electron chi connectivity index (χ1n) is 7.07. The molecule has 1 saturated carbocycles. The molecule has 104 valence electrons. The van der Waals surface area contributed by atoms with Crippen molar-refractivity contribution in [2.75, 3.05) is 20.2 Å². The predicted molar refractivity (Wildman–Crippen MR) is 71.3 cm³/mol. The molecule has 1 aliphatic carbocycles. The van der Waals surface area contributed by atoms with Gasteiger partial charge in [0.25, 0.3) is 0 Å². The minimum atomic E-state index is 0.0680. The molecule has 4 nitrogen and oxygen atoms in total. The molecule has 2 unspecified atom stereocenters. The summed E-state index contributed by atoms with van der Waals surface area (Å²) in [7, 11) is 1.75. The van der Waals surface area contributed by atoms with E-state index in [1.165, 1.54) is 0 Å². The normalized spacial score (nSPS) is 31.7. The summed E-state index contributed by atoms with van der Waals surface area (Å²) in [6, 6.07) is 0.275. The highest BCUT2D eigenvalue weighted by atomic mass is 16.5. The van der Waals surface area contributed by atoms with E-state index < -0.39 is 0 Å². The Kier molecular flexibility index (Phi) is 4.28. The Balaban J connectivity index is 1.75. The molecule has 2 atom stereocenters. The summed E-state index contributed by atoms with van der Waals surface area (Å²) in [4.78, 5) is 12.0. The van der Waals surface area contributed by atoms with Gasteiger partial charge in [0.1, 0.15) is 0 Å². The molecule has 0 aromatic heterocycles. The molecule has 2 rings (SSSR count). The van der Waals surface area contributed by atoms with Gasteiger partial charge in [0.05, 0.1) is 6.10 Å². The van der Waals surface area contributed by atoms with Crippen LogP contribution < -0.4 is 10.6 Å². The Morgan fingerprint density at radius 3 is 2.61 bits per heavy atom. The molecule has 2 aliphatic rings. The van der Waals surface area contributed by atoms with Crippen LogP contribution in [0.25, 0.3) is 0 Å². The molecule has 1 heterocycles. The van der Waals surface area contributed by atoms with Crippen LogP contribution in [0.15, 0.2) is 0 Å².